The summed E-state index contributed by atoms with van der Waals surface area (Å²) in [7, 11) is 0. The van der Waals surface area contributed by atoms with Crippen molar-refractivity contribution < 1.29 is 4.74 Å². The van der Waals surface area contributed by atoms with E-state index < -0.39 is 0 Å². The largest absolute Gasteiger partial charge is 0.492 e. The first-order valence-corrected chi connectivity index (χ1v) is 14.9. The van der Waals surface area contributed by atoms with E-state index in [1.807, 2.05) is 0 Å². The van der Waals surface area contributed by atoms with E-state index in [1.54, 1.807) is 0 Å². The van der Waals surface area contributed by atoms with E-state index in [4.69, 9.17) is 4.74 Å². The Kier molecular flexibility index (Phi) is 12.0. The van der Waals surface area contributed by atoms with Crippen molar-refractivity contribution in [1.29, 1.82) is 0 Å². The van der Waals surface area contributed by atoms with Gasteiger partial charge in [-0.15, -0.1) is 0 Å². The van der Waals surface area contributed by atoms with Crippen LogP contribution in [0.3, 0.4) is 0 Å². The molecule has 1 fully saturated rings. The predicted octanol–water partition coefficient (Wildman–Crippen LogP) is 10.6. The highest BCUT2D eigenvalue weighted by atomic mass is 79.9. The van der Waals surface area contributed by atoms with E-state index in [1.165, 1.54) is 93.7 Å². The monoisotopic (exact) mass is 526 g/mol. The number of halogens is 1. The molecule has 0 amide bonds. The topological polar surface area (TPSA) is 9.23 Å². The zero-order valence-electron chi connectivity index (χ0n) is 22.0. The zero-order chi connectivity index (χ0) is 24.2. The van der Waals surface area contributed by atoms with Crippen LogP contribution in [0.25, 0.3) is 11.1 Å². The quantitative estimate of drug-likeness (QED) is 0.222. The minimum atomic E-state index is 0.578. The molecule has 1 unspecified atom stereocenters. The minimum absolute atomic E-state index is 0.578. The normalized spacial score (nSPS) is 19.2. The number of rotatable bonds is 14. The number of benzene rings is 2. The standard InChI is InChI=1S/C32H47BrO/c1-4-6-7-8-9-10-11-26-12-14-27(15-13-26)22-28-16-18-29(19-17-28)30-20-21-32(31(33)23-30)34-24-25(3)5-2/h16-21,23,25-27H,4-15,22,24H2,1-3H3. The van der Waals surface area contributed by atoms with Crippen molar-refractivity contribution in [3.8, 4) is 16.9 Å². The average Bonchev–Trinajstić information content (AvgIpc) is 2.86. The molecular formula is C32H47BrO. The van der Waals surface area contributed by atoms with E-state index in [0.717, 1.165) is 35.1 Å². The van der Waals surface area contributed by atoms with Gasteiger partial charge in [-0.25, -0.2) is 0 Å². The van der Waals surface area contributed by atoms with Gasteiger partial charge in [0, 0.05) is 0 Å². The minimum Gasteiger partial charge on any atom is -0.492 e. The van der Waals surface area contributed by atoms with Crippen LogP contribution in [0.4, 0.5) is 0 Å². The fourth-order valence-electron chi connectivity index (χ4n) is 5.25. The van der Waals surface area contributed by atoms with E-state index in [0.29, 0.717) is 5.92 Å². The molecule has 2 aromatic carbocycles. The molecule has 0 aliphatic heterocycles. The summed E-state index contributed by atoms with van der Waals surface area (Å²) < 4.78 is 7.02. The SMILES string of the molecule is CCCCCCCCC1CCC(Cc2ccc(-c3ccc(OCC(C)CC)c(Br)c3)cc2)CC1. The molecule has 0 spiro atoms. The smallest absolute Gasteiger partial charge is 0.133 e. The first-order chi connectivity index (χ1) is 16.6. The Morgan fingerprint density at radius 3 is 2.15 bits per heavy atom. The van der Waals surface area contributed by atoms with Crippen molar-refractivity contribution in [3.63, 3.8) is 0 Å². The summed E-state index contributed by atoms with van der Waals surface area (Å²) in [6.07, 6.45) is 18.2. The van der Waals surface area contributed by atoms with Crippen molar-refractivity contribution in [2.24, 2.45) is 17.8 Å². The van der Waals surface area contributed by atoms with Gasteiger partial charge in [0.25, 0.3) is 0 Å². The van der Waals surface area contributed by atoms with Crippen LogP contribution in [0.5, 0.6) is 5.75 Å². The van der Waals surface area contributed by atoms with Crippen LogP contribution in [0, 0.1) is 17.8 Å². The summed E-state index contributed by atoms with van der Waals surface area (Å²) in [5.41, 5.74) is 4.01. The molecule has 0 bridgehead atoms. The van der Waals surface area contributed by atoms with Crippen LogP contribution in [0.15, 0.2) is 46.9 Å². The van der Waals surface area contributed by atoms with E-state index in [9.17, 15) is 0 Å². The van der Waals surface area contributed by atoms with Crippen LogP contribution in [0.2, 0.25) is 0 Å². The van der Waals surface area contributed by atoms with E-state index in [2.05, 4.69) is 79.2 Å². The Bertz CT molecular complexity index is 819. The fourth-order valence-corrected chi connectivity index (χ4v) is 5.74. The first-order valence-electron chi connectivity index (χ1n) is 14.1. The summed E-state index contributed by atoms with van der Waals surface area (Å²) in [6.45, 7) is 7.50. The molecule has 2 heteroatoms. The van der Waals surface area contributed by atoms with Crippen molar-refractivity contribution in [1.82, 2.24) is 0 Å². The maximum absolute atomic E-state index is 5.99. The summed E-state index contributed by atoms with van der Waals surface area (Å²) in [5, 5.41) is 0. The van der Waals surface area contributed by atoms with Gasteiger partial charge in [-0.3, -0.25) is 0 Å². The third-order valence-corrected chi connectivity index (χ3v) is 8.52. The molecule has 0 heterocycles. The molecule has 1 aliphatic carbocycles. The molecule has 3 rings (SSSR count). The zero-order valence-corrected chi connectivity index (χ0v) is 23.5. The summed E-state index contributed by atoms with van der Waals surface area (Å²) in [6, 6.07) is 15.7. The Balaban J connectivity index is 1.42. The van der Waals surface area contributed by atoms with Crippen molar-refractivity contribution in [2.45, 2.75) is 104 Å². The van der Waals surface area contributed by atoms with Crippen molar-refractivity contribution in [2.75, 3.05) is 6.61 Å². The molecule has 1 atom stereocenters. The fraction of sp³-hybridized carbons (Fsp3) is 0.625. The Morgan fingerprint density at radius 2 is 1.47 bits per heavy atom. The summed E-state index contributed by atoms with van der Waals surface area (Å²) in [4.78, 5) is 0. The molecule has 188 valence electrons. The summed E-state index contributed by atoms with van der Waals surface area (Å²) in [5.74, 6) is 3.39. The van der Waals surface area contributed by atoms with Crippen LogP contribution in [-0.2, 0) is 6.42 Å². The lowest BCUT2D eigenvalue weighted by Gasteiger charge is -2.28. The number of hydrogen-bond donors (Lipinski definition) is 0. The van der Waals surface area contributed by atoms with E-state index >= 15 is 0 Å². The predicted molar refractivity (Wildman–Crippen MR) is 152 cm³/mol. The van der Waals surface area contributed by atoms with Crippen LogP contribution >= 0.6 is 15.9 Å². The number of ether oxygens (including phenoxy) is 1. The maximum atomic E-state index is 5.99. The Labute approximate surface area is 218 Å². The molecule has 1 saturated carbocycles. The second kappa shape index (κ2) is 15.0. The van der Waals surface area contributed by atoms with Crippen molar-refractivity contribution in [3.05, 3.63) is 52.5 Å². The molecule has 0 saturated heterocycles. The molecule has 34 heavy (non-hydrogen) atoms. The highest BCUT2D eigenvalue weighted by Crippen LogP contribution is 2.35. The van der Waals surface area contributed by atoms with Crippen LogP contribution < -0.4 is 4.74 Å². The average molecular weight is 528 g/mol. The van der Waals surface area contributed by atoms with Crippen LogP contribution in [-0.4, -0.2) is 6.61 Å². The van der Waals surface area contributed by atoms with Gasteiger partial charge in [-0.1, -0.05) is 115 Å². The third kappa shape index (κ3) is 9.06. The first kappa shape index (κ1) is 27.3. The van der Waals surface area contributed by atoms with Gasteiger partial charge >= 0.3 is 0 Å². The van der Waals surface area contributed by atoms with Gasteiger partial charge in [0.15, 0.2) is 0 Å². The Morgan fingerprint density at radius 1 is 0.824 bits per heavy atom. The molecule has 2 aromatic rings. The molecule has 1 aliphatic rings. The molecule has 0 N–H and O–H groups in total. The Hall–Kier alpha value is -1.28. The second-order valence-electron chi connectivity index (χ2n) is 10.8. The maximum Gasteiger partial charge on any atom is 0.133 e. The number of hydrogen-bond acceptors (Lipinski definition) is 1. The number of unbranched alkanes of at least 4 members (excludes halogenated alkanes) is 5. The molecule has 0 radical (unpaired) electrons. The second-order valence-corrected chi connectivity index (χ2v) is 11.7. The van der Waals surface area contributed by atoms with Crippen LogP contribution in [0.1, 0.15) is 103 Å². The van der Waals surface area contributed by atoms with Crippen molar-refractivity contribution >= 4 is 15.9 Å². The lowest BCUT2D eigenvalue weighted by Crippen LogP contribution is -2.16. The van der Waals surface area contributed by atoms with Gasteiger partial charge < -0.3 is 4.74 Å². The highest BCUT2D eigenvalue weighted by Gasteiger charge is 2.21. The van der Waals surface area contributed by atoms with Gasteiger partial charge in [0.05, 0.1) is 11.1 Å². The highest BCUT2D eigenvalue weighted by molar-refractivity contribution is 9.10. The van der Waals surface area contributed by atoms with Gasteiger partial charge in [-0.2, -0.15) is 0 Å². The van der Waals surface area contributed by atoms with Gasteiger partial charge in [0.2, 0.25) is 0 Å². The third-order valence-electron chi connectivity index (χ3n) is 7.90. The van der Waals surface area contributed by atoms with Gasteiger partial charge in [0.1, 0.15) is 5.75 Å². The molecular weight excluding hydrogens is 480 g/mol. The molecule has 1 nitrogen and oxygen atoms in total. The lowest BCUT2D eigenvalue weighted by molar-refractivity contribution is 0.255. The van der Waals surface area contributed by atoms with E-state index in [-0.39, 0.29) is 0 Å². The van der Waals surface area contributed by atoms with Gasteiger partial charge in [-0.05, 0) is 81.8 Å². The lowest BCUT2D eigenvalue weighted by atomic mass is 9.77. The summed E-state index contributed by atoms with van der Waals surface area (Å²) >= 11 is 3.71. The molecule has 0 aromatic heterocycles.